The van der Waals surface area contributed by atoms with Crippen molar-refractivity contribution in [3.8, 4) is 0 Å². The van der Waals surface area contributed by atoms with Gasteiger partial charge in [-0.05, 0) is 44.4 Å². The second-order valence-electron chi connectivity index (χ2n) is 9.72. The zero-order chi connectivity index (χ0) is 20.5. The quantitative estimate of drug-likeness (QED) is 0.402. The van der Waals surface area contributed by atoms with Crippen LogP contribution in [0.3, 0.4) is 0 Å². The van der Waals surface area contributed by atoms with Crippen molar-refractivity contribution in [1.82, 2.24) is 0 Å². The van der Waals surface area contributed by atoms with Crippen LogP contribution in [0, 0.1) is 11.3 Å². The van der Waals surface area contributed by atoms with Crippen LogP contribution in [-0.2, 0) is 9.59 Å². The van der Waals surface area contributed by atoms with Gasteiger partial charge in [0.15, 0.2) is 0 Å². The maximum absolute atomic E-state index is 12.2. The SMILES string of the molecule is CC(C)(C)CCCC(C)(O)CSC1CCC(=O)C1CCCCCCC(=O)O. The number of carboxylic acid groups (broad SMARTS) is 1. The molecule has 0 aromatic carbocycles. The third kappa shape index (κ3) is 11.1. The summed E-state index contributed by atoms with van der Waals surface area (Å²) in [5.41, 5.74) is -0.362. The molecule has 2 N–H and O–H groups in total. The highest BCUT2D eigenvalue weighted by Crippen LogP contribution is 2.38. The van der Waals surface area contributed by atoms with Crippen LogP contribution in [0.5, 0.6) is 0 Å². The molecule has 0 aromatic rings. The van der Waals surface area contributed by atoms with Crippen LogP contribution in [-0.4, -0.2) is 38.6 Å². The molecule has 0 bridgehead atoms. The molecule has 3 atom stereocenters. The molecule has 158 valence electrons. The topological polar surface area (TPSA) is 74.6 Å². The highest BCUT2D eigenvalue weighted by Gasteiger charge is 2.35. The lowest BCUT2D eigenvalue weighted by Gasteiger charge is -2.28. The largest absolute Gasteiger partial charge is 0.481 e. The third-order valence-electron chi connectivity index (χ3n) is 5.44. The van der Waals surface area contributed by atoms with Gasteiger partial charge in [-0.3, -0.25) is 9.59 Å². The van der Waals surface area contributed by atoms with Crippen molar-refractivity contribution in [2.75, 3.05) is 5.75 Å². The van der Waals surface area contributed by atoms with Crippen LogP contribution in [0.2, 0.25) is 0 Å². The Balaban J connectivity index is 2.31. The lowest BCUT2D eigenvalue weighted by atomic mass is 9.87. The van der Waals surface area contributed by atoms with E-state index in [4.69, 9.17) is 5.11 Å². The second kappa shape index (κ2) is 11.5. The van der Waals surface area contributed by atoms with Gasteiger partial charge in [0.2, 0.25) is 0 Å². The first-order valence-electron chi connectivity index (χ1n) is 10.6. The first-order valence-corrected chi connectivity index (χ1v) is 11.6. The minimum absolute atomic E-state index is 0.125. The molecule has 0 spiro atoms. The summed E-state index contributed by atoms with van der Waals surface area (Å²) in [5.74, 6) is 0.474. The van der Waals surface area contributed by atoms with Crippen molar-refractivity contribution in [3.05, 3.63) is 0 Å². The Bertz CT molecular complexity index is 467. The van der Waals surface area contributed by atoms with Gasteiger partial charge in [0.25, 0.3) is 0 Å². The fraction of sp³-hybridized carbons (Fsp3) is 0.909. The summed E-state index contributed by atoms with van der Waals surface area (Å²) in [6, 6.07) is 0. The second-order valence-corrected chi connectivity index (χ2v) is 10.9. The van der Waals surface area contributed by atoms with Gasteiger partial charge >= 0.3 is 5.97 Å². The number of ketones is 1. The minimum Gasteiger partial charge on any atom is -0.481 e. The Labute approximate surface area is 169 Å². The smallest absolute Gasteiger partial charge is 0.303 e. The summed E-state index contributed by atoms with van der Waals surface area (Å²) in [6.45, 7) is 8.61. The average molecular weight is 401 g/mol. The number of hydrogen-bond donors (Lipinski definition) is 2. The van der Waals surface area contributed by atoms with Crippen molar-refractivity contribution < 1.29 is 19.8 Å². The highest BCUT2D eigenvalue weighted by atomic mass is 32.2. The summed E-state index contributed by atoms with van der Waals surface area (Å²) in [5, 5.41) is 19.7. The summed E-state index contributed by atoms with van der Waals surface area (Å²) in [4.78, 5) is 22.8. The Morgan fingerprint density at radius 3 is 2.37 bits per heavy atom. The lowest BCUT2D eigenvalue weighted by molar-refractivity contribution is -0.137. The number of Topliss-reactive ketones (excluding diaryl/α,β-unsaturated/α-hetero) is 1. The first-order chi connectivity index (χ1) is 12.5. The van der Waals surface area contributed by atoms with Gasteiger partial charge < -0.3 is 10.2 Å². The van der Waals surface area contributed by atoms with E-state index in [1.165, 1.54) is 0 Å². The van der Waals surface area contributed by atoms with Crippen molar-refractivity contribution in [1.29, 1.82) is 0 Å². The standard InChI is InChI=1S/C22H40O4S/c1-21(2,3)14-9-15-22(4,26)16-27-19-13-12-18(23)17(19)10-7-5-6-8-11-20(24)25/h17,19,26H,5-16H2,1-4H3,(H,24,25). The van der Waals surface area contributed by atoms with Crippen molar-refractivity contribution in [3.63, 3.8) is 0 Å². The molecule has 3 unspecified atom stereocenters. The number of aliphatic carboxylic acids is 1. The number of aliphatic hydroxyl groups is 1. The summed E-state index contributed by atoms with van der Waals surface area (Å²) >= 11 is 1.78. The summed E-state index contributed by atoms with van der Waals surface area (Å²) in [7, 11) is 0. The van der Waals surface area contributed by atoms with Crippen LogP contribution < -0.4 is 0 Å². The maximum Gasteiger partial charge on any atom is 0.303 e. The van der Waals surface area contributed by atoms with E-state index >= 15 is 0 Å². The zero-order valence-corrected chi connectivity index (χ0v) is 18.6. The number of carboxylic acids is 1. The Morgan fingerprint density at radius 2 is 1.74 bits per heavy atom. The molecular weight excluding hydrogens is 360 g/mol. The van der Waals surface area contributed by atoms with Gasteiger partial charge in [-0.15, -0.1) is 0 Å². The van der Waals surface area contributed by atoms with Crippen molar-refractivity contribution in [2.24, 2.45) is 11.3 Å². The van der Waals surface area contributed by atoms with E-state index in [1.807, 2.05) is 6.92 Å². The van der Waals surface area contributed by atoms with Crippen LogP contribution in [0.1, 0.15) is 98.3 Å². The van der Waals surface area contributed by atoms with E-state index in [2.05, 4.69) is 20.8 Å². The fourth-order valence-electron chi connectivity index (χ4n) is 3.78. The molecule has 5 heteroatoms. The van der Waals surface area contributed by atoms with E-state index in [9.17, 15) is 14.7 Å². The van der Waals surface area contributed by atoms with Gasteiger partial charge in [-0.25, -0.2) is 0 Å². The molecule has 0 aromatic heterocycles. The molecule has 0 radical (unpaired) electrons. The van der Waals surface area contributed by atoms with Crippen LogP contribution in [0.4, 0.5) is 0 Å². The number of carbonyl (C=O) groups excluding carboxylic acids is 1. The molecular formula is C22H40O4S. The average Bonchev–Trinajstić information content (AvgIpc) is 2.87. The van der Waals surface area contributed by atoms with Gasteiger partial charge in [0, 0.05) is 29.8 Å². The molecule has 1 saturated carbocycles. The maximum atomic E-state index is 12.2. The normalized spacial score (nSPS) is 22.8. The van der Waals surface area contributed by atoms with Crippen LogP contribution in [0.15, 0.2) is 0 Å². The fourth-order valence-corrected chi connectivity index (χ4v) is 5.30. The molecule has 1 fully saturated rings. The number of unbranched alkanes of at least 4 members (excludes halogenated alkanes) is 3. The van der Waals surface area contributed by atoms with Crippen LogP contribution in [0.25, 0.3) is 0 Å². The van der Waals surface area contributed by atoms with E-state index in [0.717, 1.165) is 57.8 Å². The predicted molar refractivity (Wildman–Crippen MR) is 113 cm³/mol. The summed E-state index contributed by atoms with van der Waals surface area (Å²) < 4.78 is 0. The Morgan fingerprint density at radius 1 is 1.07 bits per heavy atom. The number of hydrogen-bond acceptors (Lipinski definition) is 4. The Kier molecular flexibility index (Phi) is 10.4. The molecule has 4 nitrogen and oxygen atoms in total. The van der Waals surface area contributed by atoms with Gasteiger partial charge in [-0.2, -0.15) is 11.8 Å². The van der Waals surface area contributed by atoms with Crippen molar-refractivity contribution in [2.45, 2.75) is 109 Å². The molecule has 0 saturated heterocycles. The lowest BCUT2D eigenvalue weighted by Crippen LogP contribution is -2.30. The number of rotatable bonds is 13. The molecule has 27 heavy (non-hydrogen) atoms. The number of thioether (sulfide) groups is 1. The van der Waals surface area contributed by atoms with E-state index in [1.54, 1.807) is 11.8 Å². The van der Waals surface area contributed by atoms with Gasteiger partial charge in [0.1, 0.15) is 5.78 Å². The Hall–Kier alpha value is -0.550. The molecule has 1 aliphatic rings. The molecule has 0 heterocycles. The third-order valence-corrected chi connectivity index (χ3v) is 7.22. The van der Waals surface area contributed by atoms with E-state index < -0.39 is 11.6 Å². The highest BCUT2D eigenvalue weighted by molar-refractivity contribution is 8.00. The molecule has 1 aliphatic carbocycles. The first kappa shape index (κ1) is 24.5. The monoisotopic (exact) mass is 400 g/mol. The predicted octanol–water partition coefficient (Wildman–Crippen LogP) is 5.46. The van der Waals surface area contributed by atoms with Crippen LogP contribution >= 0.6 is 11.8 Å². The van der Waals surface area contributed by atoms with Gasteiger partial charge in [-0.1, -0.05) is 46.5 Å². The van der Waals surface area contributed by atoms with E-state index in [0.29, 0.717) is 28.6 Å². The molecule has 0 aliphatic heterocycles. The van der Waals surface area contributed by atoms with E-state index in [-0.39, 0.29) is 12.3 Å². The minimum atomic E-state index is -0.730. The van der Waals surface area contributed by atoms with Gasteiger partial charge in [0.05, 0.1) is 5.60 Å². The molecule has 1 rings (SSSR count). The summed E-state index contributed by atoms with van der Waals surface area (Å²) in [6.07, 6.45) is 9.36. The van der Waals surface area contributed by atoms with Crippen molar-refractivity contribution >= 4 is 23.5 Å². The number of carbonyl (C=O) groups is 2. The molecule has 0 amide bonds. The zero-order valence-electron chi connectivity index (χ0n) is 17.8.